The summed E-state index contributed by atoms with van der Waals surface area (Å²) in [4.78, 5) is 4.09. The van der Waals surface area contributed by atoms with Crippen molar-refractivity contribution in [2.75, 3.05) is 0 Å². The first-order chi connectivity index (χ1) is 8.15. The smallest absolute Gasteiger partial charge is 0.222 e. The number of aromatic nitrogens is 3. The van der Waals surface area contributed by atoms with E-state index in [1.165, 1.54) is 0 Å². The lowest BCUT2D eigenvalue weighted by Crippen LogP contribution is -1.90. The van der Waals surface area contributed by atoms with Crippen LogP contribution in [0.3, 0.4) is 0 Å². The fourth-order valence-corrected chi connectivity index (χ4v) is 1.41. The van der Waals surface area contributed by atoms with Gasteiger partial charge in [0.2, 0.25) is 5.88 Å². The van der Waals surface area contributed by atoms with Crippen LogP contribution < -0.4 is 4.74 Å². The van der Waals surface area contributed by atoms with Crippen molar-refractivity contribution in [3.8, 4) is 11.6 Å². The van der Waals surface area contributed by atoms with E-state index in [0.29, 0.717) is 16.7 Å². The maximum atomic E-state index is 5.79. The number of pyridine rings is 1. The van der Waals surface area contributed by atoms with Gasteiger partial charge in [0, 0.05) is 18.8 Å². The summed E-state index contributed by atoms with van der Waals surface area (Å²) in [5, 5.41) is 4.60. The maximum absolute atomic E-state index is 5.79. The number of aryl methyl sites for hydroxylation is 2. The molecule has 92 valence electrons. The van der Waals surface area contributed by atoms with Crippen molar-refractivity contribution in [1.29, 1.82) is 0 Å². The Morgan fingerprint density at radius 3 is 2.53 bits per heavy atom. The van der Waals surface area contributed by atoms with Crippen LogP contribution in [0.25, 0.3) is 0 Å². The van der Waals surface area contributed by atoms with Gasteiger partial charge in [-0.05, 0) is 13.0 Å². The van der Waals surface area contributed by atoms with Crippen molar-refractivity contribution < 1.29 is 4.74 Å². The molecule has 0 aromatic carbocycles. The average molecular weight is 254 g/mol. The van der Waals surface area contributed by atoms with E-state index in [0.717, 1.165) is 5.56 Å². The molecule has 0 unspecified atom stereocenters. The Balaban J connectivity index is 0.000000686. The van der Waals surface area contributed by atoms with Crippen molar-refractivity contribution in [3.63, 3.8) is 0 Å². The molecule has 0 aliphatic heterocycles. The lowest BCUT2D eigenvalue weighted by atomic mass is 10.3. The van der Waals surface area contributed by atoms with Crippen LogP contribution in [0, 0.1) is 6.92 Å². The summed E-state index contributed by atoms with van der Waals surface area (Å²) in [5.74, 6) is 1.21. The third kappa shape index (κ3) is 3.75. The quantitative estimate of drug-likeness (QED) is 0.821. The van der Waals surface area contributed by atoms with E-state index in [-0.39, 0.29) is 0 Å². The van der Waals surface area contributed by atoms with E-state index in [1.807, 2.05) is 27.8 Å². The number of hydrogen-bond donors (Lipinski definition) is 0. The fraction of sp³-hybridized carbons (Fsp3) is 0.333. The van der Waals surface area contributed by atoms with Gasteiger partial charge >= 0.3 is 0 Å². The van der Waals surface area contributed by atoms with Gasteiger partial charge in [-0.1, -0.05) is 25.4 Å². The molecule has 0 amide bonds. The third-order valence-corrected chi connectivity index (χ3v) is 2.10. The molecule has 0 bridgehead atoms. The van der Waals surface area contributed by atoms with Gasteiger partial charge < -0.3 is 4.74 Å². The molecular formula is C12H16ClN3O. The summed E-state index contributed by atoms with van der Waals surface area (Å²) in [5.41, 5.74) is 0.895. The second-order valence-electron chi connectivity index (χ2n) is 3.23. The molecule has 0 radical (unpaired) electrons. The number of ether oxygens (including phenoxy) is 1. The topological polar surface area (TPSA) is 39.9 Å². The predicted molar refractivity (Wildman–Crippen MR) is 68.6 cm³/mol. The number of nitrogens with zero attached hydrogens (tertiary/aromatic N) is 3. The second kappa shape index (κ2) is 6.25. The zero-order valence-corrected chi connectivity index (χ0v) is 11.2. The summed E-state index contributed by atoms with van der Waals surface area (Å²) in [6.45, 7) is 5.89. The van der Waals surface area contributed by atoms with Gasteiger partial charge in [0.25, 0.3) is 0 Å². The largest absolute Gasteiger partial charge is 0.435 e. The Morgan fingerprint density at radius 1 is 1.29 bits per heavy atom. The van der Waals surface area contributed by atoms with Crippen molar-refractivity contribution in [2.24, 2.45) is 7.05 Å². The molecule has 2 rings (SSSR count). The minimum Gasteiger partial charge on any atom is -0.435 e. The SMILES string of the molecule is CC.Cc1cc(Cl)cnc1Oc1cnn(C)c1. The van der Waals surface area contributed by atoms with Crippen molar-refractivity contribution in [3.05, 3.63) is 35.2 Å². The minimum absolute atomic E-state index is 0.549. The van der Waals surface area contributed by atoms with Crippen LogP contribution in [0.1, 0.15) is 19.4 Å². The van der Waals surface area contributed by atoms with Gasteiger partial charge in [0.05, 0.1) is 17.4 Å². The van der Waals surface area contributed by atoms with Gasteiger partial charge in [0.15, 0.2) is 5.75 Å². The highest BCUT2D eigenvalue weighted by molar-refractivity contribution is 6.30. The van der Waals surface area contributed by atoms with E-state index < -0.39 is 0 Å². The molecule has 0 atom stereocenters. The van der Waals surface area contributed by atoms with Crippen molar-refractivity contribution in [2.45, 2.75) is 20.8 Å². The van der Waals surface area contributed by atoms with Crippen LogP contribution in [0.5, 0.6) is 11.6 Å². The fourth-order valence-electron chi connectivity index (χ4n) is 1.20. The van der Waals surface area contributed by atoms with Crippen molar-refractivity contribution in [1.82, 2.24) is 14.8 Å². The Kier molecular flexibility index (Phi) is 4.97. The molecule has 0 saturated heterocycles. The summed E-state index contributed by atoms with van der Waals surface area (Å²) in [7, 11) is 1.83. The van der Waals surface area contributed by atoms with Crippen LogP contribution in [-0.2, 0) is 7.05 Å². The molecule has 0 saturated carbocycles. The predicted octanol–water partition coefficient (Wildman–Crippen LogP) is 3.60. The molecular weight excluding hydrogens is 238 g/mol. The van der Waals surface area contributed by atoms with Gasteiger partial charge in [-0.25, -0.2) is 4.98 Å². The van der Waals surface area contributed by atoms with Crippen LogP contribution in [0.4, 0.5) is 0 Å². The monoisotopic (exact) mass is 253 g/mol. The zero-order chi connectivity index (χ0) is 12.8. The summed E-state index contributed by atoms with van der Waals surface area (Å²) >= 11 is 5.79. The lowest BCUT2D eigenvalue weighted by molar-refractivity contribution is 0.458. The molecule has 5 heteroatoms. The Bertz CT molecular complexity index is 482. The normalized spacial score (nSPS) is 9.47. The third-order valence-electron chi connectivity index (χ3n) is 1.89. The highest BCUT2D eigenvalue weighted by atomic mass is 35.5. The number of halogens is 1. The van der Waals surface area contributed by atoms with E-state index in [4.69, 9.17) is 16.3 Å². The van der Waals surface area contributed by atoms with Gasteiger partial charge in [-0.15, -0.1) is 0 Å². The van der Waals surface area contributed by atoms with Crippen LogP contribution in [0.15, 0.2) is 24.7 Å². The second-order valence-corrected chi connectivity index (χ2v) is 3.66. The average Bonchev–Trinajstić information content (AvgIpc) is 2.71. The molecule has 0 fully saturated rings. The van der Waals surface area contributed by atoms with E-state index in [1.54, 1.807) is 29.3 Å². The minimum atomic E-state index is 0.549. The van der Waals surface area contributed by atoms with E-state index in [2.05, 4.69) is 10.1 Å². The standard InChI is InChI=1S/C10H10ClN3O.C2H6/c1-7-3-8(11)4-12-10(7)15-9-5-13-14(2)6-9;1-2/h3-6H,1-2H3;1-2H3. The number of rotatable bonds is 2. The molecule has 2 aromatic heterocycles. The molecule has 0 spiro atoms. The Labute approximate surface area is 106 Å². The summed E-state index contributed by atoms with van der Waals surface area (Å²) < 4.78 is 7.20. The van der Waals surface area contributed by atoms with Crippen molar-refractivity contribution >= 4 is 11.6 Å². The maximum Gasteiger partial charge on any atom is 0.222 e. The molecule has 17 heavy (non-hydrogen) atoms. The molecule has 2 aromatic rings. The van der Waals surface area contributed by atoms with E-state index in [9.17, 15) is 0 Å². The first-order valence-corrected chi connectivity index (χ1v) is 5.81. The zero-order valence-electron chi connectivity index (χ0n) is 10.4. The highest BCUT2D eigenvalue weighted by Crippen LogP contribution is 2.23. The highest BCUT2D eigenvalue weighted by Gasteiger charge is 2.04. The molecule has 0 aliphatic rings. The first kappa shape index (κ1) is 13.5. The van der Waals surface area contributed by atoms with Crippen LogP contribution >= 0.6 is 11.6 Å². The summed E-state index contributed by atoms with van der Waals surface area (Å²) in [6, 6.07) is 1.81. The Morgan fingerprint density at radius 2 is 2.00 bits per heavy atom. The molecule has 4 nitrogen and oxygen atoms in total. The Hall–Kier alpha value is -1.55. The van der Waals surface area contributed by atoms with Gasteiger partial charge in [0.1, 0.15) is 0 Å². The van der Waals surface area contributed by atoms with Gasteiger partial charge in [-0.2, -0.15) is 5.10 Å². The van der Waals surface area contributed by atoms with E-state index >= 15 is 0 Å². The molecule has 0 aliphatic carbocycles. The summed E-state index contributed by atoms with van der Waals surface area (Å²) in [6.07, 6.45) is 4.96. The number of hydrogen-bond acceptors (Lipinski definition) is 3. The van der Waals surface area contributed by atoms with Crippen LogP contribution in [0.2, 0.25) is 5.02 Å². The lowest BCUT2D eigenvalue weighted by Gasteiger charge is -2.04. The van der Waals surface area contributed by atoms with Crippen LogP contribution in [-0.4, -0.2) is 14.8 Å². The first-order valence-electron chi connectivity index (χ1n) is 5.44. The van der Waals surface area contributed by atoms with Gasteiger partial charge in [-0.3, -0.25) is 4.68 Å². The molecule has 0 N–H and O–H groups in total. The molecule has 2 heterocycles.